The van der Waals surface area contributed by atoms with Gasteiger partial charge in [-0.05, 0) is 37.6 Å². The van der Waals surface area contributed by atoms with Crippen molar-refractivity contribution in [2.75, 3.05) is 38.6 Å². The number of rotatable bonds is 4. The number of hydrogen-bond donors (Lipinski definition) is 1. The van der Waals surface area contributed by atoms with Gasteiger partial charge in [-0.25, -0.2) is 4.98 Å². The summed E-state index contributed by atoms with van der Waals surface area (Å²) in [6, 6.07) is 1.90. The molecule has 0 aliphatic carbocycles. The molecule has 4 nitrogen and oxygen atoms in total. The Morgan fingerprint density at radius 1 is 1.61 bits per heavy atom. The van der Waals surface area contributed by atoms with E-state index in [1.807, 2.05) is 6.07 Å². The summed E-state index contributed by atoms with van der Waals surface area (Å²) in [7, 11) is 4.22. The molecule has 1 aliphatic heterocycles. The molecule has 1 aromatic heterocycles. The first-order chi connectivity index (χ1) is 8.60. The highest BCUT2D eigenvalue weighted by atomic mass is 35.5. The van der Waals surface area contributed by atoms with Crippen LogP contribution in [-0.2, 0) is 6.54 Å². The summed E-state index contributed by atoms with van der Waals surface area (Å²) in [5.74, 6) is 1.55. The molecule has 5 heteroatoms. The molecule has 0 amide bonds. The first kappa shape index (κ1) is 13.6. The Bertz CT molecular complexity index is 410. The summed E-state index contributed by atoms with van der Waals surface area (Å²) in [6.07, 6.45) is 3.05. The van der Waals surface area contributed by atoms with E-state index in [9.17, 15) is 0 Å². The predicted molar refractivity (Wildman–Crippen MR) is 76.0 cm³/mol. The molecule has 0 saturated carbocycles. The summed E-state index contributed by atoms with van der Waals surface area (Å²) < 4.78 is 0. The van der Waals surface area contributed by atoms with E-state index in [1.54, 1.807) is 6.20 Å². The van der Waals surface area contributed by atoms with Gasteiger partial charge in [0.15, 0.2) is 0 Å². The van der Waals surface area contributed by atoms with Crippen LogP contribution in [0.5, 0.6) is 0 Å². The third-order valence-electron chi connectivity index (χ3n) is 3.50. The molecule has 18 heavy (non-hydrogen) atoms. The molecule has 0 aromatic carbocycles. The zero-order valence-electron chi connectivity index (χ0n) is 11.1. The number of hydrogen-bond acceptors (Lipinski definition) is 4. The molecule has 0 bridgehead atoms. The Morgan fingerprint density at radius 3 is 2.94 bits per heavy atom. The van der Waals surface area contributed by atoms with Gasteiger partial charge in [-0.3, -0.25) is 0 Å². The molecule has 2 N–H and O–H groups in total. The van der Waals surface area contributed by atoms with Crippen molar-refractivity contribution in [2.45, 2.75) is 13.0 Å². The molecule has 0 radical (unpaired) electrons. The molecule has 2 rings (SSSR count). The quantitative estimate of drug-likeness (QED) is 0.901. The second-order valence-electron chi connectivity index (χ2n) is 5.15. The van der Waals surface area contributed by atoms with Gasteiger partial charge in [-0.1, -0.05) is 11.6 Å². The molecule has 1 unspecified atom stereocenters. The number of halogens is 1. The highest BCUT2D eigenvalue weighted by Gasteiger charge is 2.21. The van der Waals surface area contributed by atoms with E-state index in [4.69, 9.17) is 17.3 Å². The minimum Gasteiger partial charge on any atom is -0.358 e. The van der Waals surface area contributed by atoms with Crippen LogP contribution < -0.4 is 10.6 Å². The normalized spacial score (nSPS) is 20.3. The number of anilines is 1. The fourth-order valence-electron chi connectivity index (χ4n) is 2.51. The first-order valence-corrected chi connectivity index (χ1v) is 6.72. The van der Waals surface area contributed by atoms with E-state index in [1.165, 1.54) is 13.0 Å². The maximum Gasteiger partial charge on any atom is 0.147 e. The van der Waals surface area contributed by atoms with Crippen LogP contribution in [0.15, 0.2) is 12.3 Å². The molecule has 1 atom stereocenters. The van der Waals surface area contributed by atoms with Crippen LogP contribution in [0.3, 0.4) is 0 Å². The van der Waals surface area contributed by atoms with E-state index >= 15 is 0 Å². The summed E-state index contributed by atoms with van der Waals surface area (Å²) in [5, 5.41) is 0.687. The van der Waals surface area contributed by atoms with E-state index in [2.05, 4.69) is 28.9 Å². The molecule has 1 saturated heterocycles. The average Bonchev–Trinajstić information content (AvgIpc) is 2.74. The maximum absolute atomic E-state index is 6.25. The lowest BCUT2D eigenvalue weighted by Crippen LogP contribution is -2.28. The molecular weight excluding hydrogens is 248 g/mol. The van der Waals surface area contributed by atoms with Crippen molar-refractivity contribution in [3.63, 3.8) is 0 Å². The van der Waals surface area contributed by atoms with Crippen molar-refractivity contribution in [2.24, 2.45) is 11.7 Å². The second-order valence-corrected chi connectivity index (χ2v) is 5.56. The number of nitrogens with two attached hydrogens (primary N) is 1. The smallest absolute Gasteiger partial charge is 0.147 e. The topological polar surface area (TPSA) is 45.4 Å². The van der Waals surface area contributed by atoms with Crippen LogP contribution >= 0.6 is 11.6 Å². The van der Waals surface area contributed by atoms with E-state index in [-0.39, 0.29) is 0 Å². The summed E-state index contributed by atoms with van der Waals surface area (Å²) in [4.78, 5) is 8.92. The minimum absolute atomic E-state index is 0.476. The highest BCUT2D eigenvalue weighted by Crippen LogP contribution is 2.25. The summed E-state index contributed by atoms with van der Waals surface area (Å²) >= 11 is 6.25. The zero-order chi connectivity index (χ0) is 13.1. The standard InChI is InChI=1S/C13H21ClN4/c1-17-4-3-10(8-17)9-18(2)13-12(14)5-11(6-15)7-16-13/h5,7,10H,3-4,6,8-9,15H2,1-2H3. The molecule has 1 aliphatic rings. The highest BCUT2D eigenvalue weighted by molar-refractivity contribution is 6.33. The van der Waals surface area contributed by atoms with Crippen LogP contribution in [0.4, 0.5) is 5.82 Å². The van der Waals surface area contributed by atoms with Crippen molar-refractivity contribution in [1.82, 2.24) is 9.88 Å². The van der Waals surface area contributed by atoms with Crippen LogP contribution in [0, 0.1) is 5.92 Å². The monoisotopic (exact) mass is 268 g/mol. The first-order valence-electron chi connectivity index (χ1n) is 6.34. The van der Waals surface area contributed by atoms with Crippen molar-refractivity contribution in [3.8, 4) is 0 Å². The van der Waals surface area contributed by atoms with Crippen LogP contribution in [-0.4, -0.2) is 43.6 Å². The molecular formula is C13H21ClN4. The number of likely N-dealkylation sites (tertiary alicyclic amines) is 1. The SMILES string of the molecule is CN1CCC(CN(C)c2ncc(CN)cc2Cl)C1. The van der Waals surface area contributed by atoms with Crippen LogP contribution in [0.2, 0.25) is 5.02 Å². The lowest BCUT2D eigenvalue weighted by atomic mass is 10.1. The van der Waals surface area contributed by atoms with E-state index in [0.29, 0.717) is 17.5 Å². The second kappa shape index (κ2) is 5.87. The maximum atomic E-state index is 6.25. The van der Waals surface area contributed by atoms with Crippen molar-refractivity contribution < 1.29 is 0 Å². The molecule has 100 valence electrons. The Kier molecular flexibility index (Phi) is 4.43. The van der Waals surface area contributed by atoms with E-state index < -0.39 is 0 Å². The average molecular weight is 269 g/mol. The van der Waals surface area contributed by atoms with Crippen LogP contribution in [0.25, 0.3) is 0 Å². The fourth-order valence-corrected chi connectivity index (χ4v) is 2.85. The van der Waals surface area contributed by atoms with Crippen molar-refractivity contribution in [3.05, 3.63) is 22.8 Å². The Morgan fingerprint density at radius 2 is 2.39 bits per heavy atom. The van der Waals surface area contributed by atoms with Gasteiger partial charge in [0, 0.05) is 32.9 Å². The van der Waals surface area contributed by atoms with Gasteiger partial charge >= 0.3 is 0 Å². The minimum atomic E-state index is 0.476. The number of aromatic nitrogens is 1. The fraction of sp³-hybridized carbons (Fsp3) is 0.615. The largest absolute Gasteiger partial charge is 0.358 e. The third kappa shape index (κ3) is 3.13. The Labute approximate surface area is 114 Å². The van der Waals surface area contributed by atoms with Crippen molar-refractivity contribution in [1.29, 1.82) is 0 Å². The van der Waals surface area contributed by atoms with Gasteiger partial charge in [-0.15, -0.1) is 0 Å². The van der Waals surface area contributed by atoms with Crippen molar-refractivity contribution >= 4 is 17.4 Å². The molecule has 0 spiro atoms. The Balaban J connectivity index is 2.02. The van der Waals surface area contributed by atoms with Gasteiger partial charge < -0.3 is 15.5 Å². The Hall–Kier alpha value is -0.840. The summed E-state index contributed by atoms with van der Waals surface area (Å²) in [6.45, 7) is 3.82. The van der Waals surface area contributed by atoms with E-state index in [0.717, 1.165) is 24.5 Å². The lowest BCUT2D eigenvalue weighted by Gasteiger charge is -2.23. The van der Waals surface area contributed by atoms with Gasteiger partial charge in [-0.2, -0.15) is 0 Å². The molecule has 1 aromatic rings. The van der Waals surface area contributed by atoms with Gasteiger partial charge in [0.25, 0.3) is 0 Å². The van der Waals surface area contributed by atoms with Gasteiger partial charge in [0.05, 0.1) is 5.02 Å². The zero-order valence-corrected chi connectivity index (χ0v) is 11.8. The van der Waals surface area contributed by atoms with Crippen LogP contribution in [0.1, 0.15) is 12.0 Å². The van der Waals surface area contributed by atoms with Gasteiger partial charge in [0.1, 0.15) is 5.82 Å². The molecule has 2 heterocycles. The predicted octanol–water partition coefficient (Wildman–Crippen LogP) is 1.58. The van der Waals surface area contributed by atoms with Gasteiger partial charge in [0.2, 0.25) is 0 Å². The molecule has 1 fully saturated rings. The number of nitrogens with zero attached hydrogens (tertiary/aromatic N) is 3. The lowest BCUT2D eigenvalue weighted by molar-refractivity contribution is 0.395. The summed E-state index contributed by atoms with van der Waals surface area (Å²) in [5.41, 5.74) is 6.54. The number of pyridine rings is 1. The third-order valence-corrected chi connectivity index (χ3v) is 3.77.